The van der Waals surface area contributed by atoms with E-state index in [9.17, 15) is 9.59 Å². The van der Waals surface area contributed by atoms with Gasteiger partial charge in [-0.2, -0.15) is 0 Å². The SMILES string of the molecule is CCOCC(COCC)OC(=O)N1C(=O)[C@H](O[Si](CC)(CC)CC)[C@@H]1c1ccccc1. The van der Waals surface area contributed by atoms with E-state index in [1.807, 2.05) is 44.2 Å². The molecule has 1 heterocycles. The number of imide groups is 1. The molecule has 1 aromatic rings. The summed E-state index contributed by atoms with van der Waals surface area (Å²) < 4.78 is 22.9. The van der Waals surface area contributed by atoms with Gasteiger partial charge in [0, 0.05) is 13.2 Å². The van der Waals surface area contributed by atoms with E-state index >= 15 is 0 Å². The Kier molecular flexibility index (Phi) is 10.2. The topological polar surface area (TPSA) is 74.3 Å². The molecule has 8 heteroatoms. The van der Waals surface area contributed by atoms with Crippen LogP contribution >= 0.6 is 0 Å². The van der Waals surface area contributed by atoms with Gasteiger partial charge in [0.2, 0.25) is 0 Å². The van der Waals surface area contributed by atoms with Crippen LogP contribution in [0.4, 0.5) is 4.79 Å². The molecule has 1 aliphatic heterocycles. The van der Waals surface area contributed by atoms with Crippen LogP contribution in [0.5, 0.6) is 0 Å². The number of likely N-dealkylation sites (tertiary alicyclic amines) is 1. The number of amides is 2. The second-order valence-electron chi connectivity index (χ2n) is 7.67. The van der Waals surface area contributed by atoms with Gasteiger partial charge in [0.1, 0.15) is 6.04 Å². The van der Waals surface area contributed by atoms with Gasteiger partial charge in [-0.3, -0.25) is 4.79 Å². The first-order valence-corrected chi connectivity index (χ1v) is 13.9. The molecule has 174 valence electrons. The van der Waals surface area contributed by atoms with Crippen LogP contribution in [-0.2, 0) is 23.4 Å². The number of hydrogen-bond donors (Lipinski definition) is 0. The normalized spacial score (nSPS) is 18.9. The molecule has 0 N–H and O–H groups in total. The highest BCUT2D eigenvalue weighted by molar-refractivity contribution is 6.73. The second kappa shape index (κ2) is 12.3. The molecule has 0 bridgehead atoms. The van der Waals surface area contributed by atoms with Crippen molar-refractivity contribution in [2.75, 3.05) is 26.4 Å². The Balaban J connectivity index is 2.22. The minimum atomic E-state index is -2.04. The quantitative estimate of drug-likeness (QED) is 0.324. The Hall–Kier alpha value is -1.74. The van der Waals surface area contributed by atoms with Gasteiger partial charge in [0.15, 0.2) is 20.5 Å². The van der Waals surface area contributed by atoms with Crippen LogP contribution < -0.4 is 0 Å². The van der Waals surface area contributed by atoms with Gasteiger partial charge in [-0.1, -0.05) is 51.1 Å². The van der Waals surface area contributed by atoms with Crippen molar-refractivity contribution in [1.29, 1.82) is 0 Å². The van der Waals surface area contributed by atoms with Crippen molar-refractivity contribution in [3.8, 4) is 0 Å². The van der Waals surface area contributed by atoms with Crippen LogP contribution in [0.3, 0.4) is 0 Å². The maximum atomic E-state index is 13.1. The Morgan fingerprint density at radius 3 is 2.00 bits per heavy atom. The number of rotatable bonds is 13. The Morgan fingerprint density at radius 2 is 1.52 bits per heavy atom. The molecule has 2 rings (SSSR count). The van der Waals surface area contributed by atoms with Crippen LogP contribution in [0, 0.1) is 0 Å². The fourth-order valence-corrected chi connectivity index (χ4v) is 6.61. The third kappa shape index (κ3) is 6.16. The molecule has 0 aliphatic carbocycles. The lowest BCUT2D eigenvalue weighted by molar-refractivity contribution is -0.162. The molecule has 0 aromatic heterocycles. The summed E-state index contributed by atoms with van der Waals surface area (Å²) in [6.07, 6.45) is -1.91. The number of ether oxygens (including phenoxy) is 3. The number of carbonyl (C=O) groups excluding carboxylic acids is 2. The van der Waals surface area contributed by atoms with Crippen molar-refractivity contribution >= 4 is 20.3 Å². The fraction of sp³-hybridized carbons (Fsp3) is 0.652. The number of β-lactam (4-membered cyclic amide) rings is 1. The first-order chi connectivity index (χ1) is 15.0. The number of hydrogen-bond acceptors (Lipinski definition) is 6. The first-order valence-electron chi connectivity index (χ1n) is 11.4. The molecule has 1 aliphatic rings. The molecule has 31 heavy (non-hydrogen) atoms. The van der Waals surface area contributed by atoms with E-state index in [0.717, 1.165) is 23.7 Å². The first kappa shape index (κ1) is 25.5. The van der Waals surface area contributed by atoms with E-state index in [0.29, 0.717) is 13.2 Å². The summed E-state index contributed by atoms with van der Waals surface area (Å²) in [4.78, 5) is 27.3. The monoisotopic (exact) mass is 451 g/mol. The molecule has 2 atom stereocenters. The van der Waals surface area contributed by atoms with Gasteiger partial charge in [-0.05, 0) is 37.5 Å². The number of carbonyl (C=O) groups is 2. The largest absolute Gasteiger partial charge is 0.441 e. The molecule has 0 radical (unpaired) electrons. The predicted octanol–water partition coefficient (Wildman–Crippen LogP) is 4.54. The molecule has 0 unspecified atom stereocenters. The van der Waals surface area contributed by atoms with Crippen molar-refractivity contribution in [2.45, 2.75) is 71.0 Å². The molecule has 1 aromatic carbocycles. The van der Waals surface area contributed by atoms with Gasteiger partial charge in [-0.15, -0.1) is 0 Å². The Morgan fingerprint density at radius 1 is 0.968 bits per heavy atom. The summed E-state index contributed by atoms with van der Waals surface area (Å²) in [5.41, 5.74) is 0.862. The van der Waals surface area contributed by atoms with Crippen LogP contribution in [0.15, 0.2) is 30.3 Å². The van der Waals surface area contributed by atoms with Crippen LogP contribution in [-0.4, -0.2) is 63.9 Å². The van der Waals surface area contributed by atoms with Gasteiger partial charge in [-0.25, -0.2) is 9.69 Å². The highest BCUT2D eigenvalue weighted by Crippen LogP contribution is 2.40. The van der Waals surface area contributed by atoms with E-state index in [-0.39, 0.29) is 19.1 Å². The molecule has 2 amide bonds. The highest BCUT2D eigenvalue weighted by atomic mass is 28.4. The van der Waals surface area contributed by atoms with E-state index in [1.165, 1.54) is 4.90 Å². The van der Waals surface area contributed by atoms with Crippen molar-refractivity contribution in [3.63, 3.8) is 0 Å². The van der Waals surface area contributed by atoms with E-state index in [4.69, 9.17) is 18.6 Å². The third-order valence-electron chi connectivity index (χ3n) is 5.98. The van der Waals surface area contributed by atoms with Gasteiger partial charge in [0.25, 0.3) is 5.91 Å². The average Bonchev–Trinajstić information content (AvgIpc) is 2.80. The van der Waals surface area contributed by atoms with E-state index in [2.05, 4.69) is 20.8 Å². The second-order valence-corrected chi connectivity index (χ2v) is 12.4. The molecular weight excluding hydrogens is 414 g/mol. The van der Waals surface area contributed by atoms with E-state index < -0.39 is 32.7 Å². The lowest BCUT2D eigenvalue weighted by atomic mass is 9.91. The highest BCUT2D eigenvalue weighted by Gasteiger charge is 2.55. The van der Waals surface area contributed by atoms with Gasteiger partial charge >= 0.3 is 6.09 Å². The van der Waals surface area contributed by atoms with Crippen molar-refractivity contribution in [2.24, 2.45) is 0 Å². The van der Waals surface area contributed by atoms with Crippen molar-refractivity contribution in [3.05, 3.63) is 35.9 Å². The van der Waals surface area contributed by atoms with E-state index in [1.54, 1.807) is 0 Å². The lowest BCUT2D eigenvalue weighted by Gasteiger charge is -2.48. The maximum Gasteiger partial charge on any atom is 0.417 e. The van der Waals surface area contributed by atoms with Crippen LogP contribution in [0.2, 0.25) is 18.1 Å². The minimum Gasteiger partial charge on any atom is -0.441 e. The van der Waals surface area contributed by atoms with Gasteiger partial charge in [0.05, 0.1) is 13.2 Å². The summed E-state index contributed by atoms with van der Waals surface area (Å²) in [5, 5.41) is 0. The smallest absolute Gasteiger partial charge is 0.417 e. The minimum absolute atomic E-state index is 0.220. The molecule has 1 saturated heterocycles. The van der Waals surface area contributed by atoms with Gasteiger partial charge < -0.3 is 18.6 Å². The molecule has 0 saturated carbocycles. The molecule has 0 spiro atoms. The van der Waals surface area contributed by atoms with Crippen LogP contribution in [0.1, 0.15) is 46.2 Å². The zero-order valence-electron chi connectivity index (χ0n) is 19.5. The summed E-state index contributed by atoms with van der Waals surface area (Å²) in [6, 6.07) is 11.8. The predicted molar refractivity (Wildman–Crippen MR) is 121 cm³/mol. The zero-order chi connectivity index (χ0) is 22.9. The third-order valence-corrected chi connectivity index (χ3v) is 10.6. The number of benzene rings is 1. The number of nitrogens with zero attached hydrogens (tertiary/aromatic N) is 1. The molecule has 1 fully saturated rings. The maximum absolute atomic E-state index is 13.1. The summed E-state index contributed by atoms with van der Waals surface area (Å²) in [7, 11) is -2.04. The molecule has 7 nitrogen and oxygen atoms in total. The fourth-order valence-electron chi connectivity index (χ4n) is 3.84. The Labute approximate surface area is 187 Å². The summed E-state index contributed by atoms with van der Waals surface area (Å²) in [6.45, 7) is 11.6. The summed E-state index contributed by atoms with van der Waals surface area (Å²) >= 11 is 0. The summed E-state index contributed by atoms with van der Waals surface area (Å²) in [5.74, 6) is -0.336. The average molecular weight is 452 g/mol. The lowest BCUT2D eigenvalue weighted by Crippen LogP contribution is -2.65. The standard InChI is InChI=1S/C23H37NO6Si/c1-6-27-16-19(17-28-7-2)29-23(26)24-20(18-14-12-11-13-15-18)21(22(24)25)30-31(8-3,9-4)10-5/h11-15,19-21H,6-10,16-17H2,1-5H3/t20-,21+/m0/s1. The Bertz CT molecular complexity index is 680. The van der Waals surface area contributed by atoms with Crippen molar-refractivity contribution in [1.82, 2.24) is 4.90 Å². The zero-order valence-corrected chi connectivity index (χ0v) is 20.5. The van der Waals surface area contributed by atoms with Crippen LogP contribution in [0.25, 0.3) is 0 Å². The molecular formula is C23H37NO6Si. The van der Waals surface area contributed by atoms with Crippen molar-refractivity contribution < 1.29 is 28.2 Å².